The minimum Gasteiger partial charge on any atom is -0.286 e. The number of hydrogen-bond acceptors (Lipinski definition) is 3. The molecule has 1 aliphatic carbocycles. The number of anilines is 1. The molecule has 0 bridgehead atoms. The highest BCUT2D eigenvalue weighted by atomic mass is 32.1. The molecule has 0 aliphatic heterocycles. The molecule has 0 saturated carbocycles. The maximum atomic E-state index is 9.58. The third-order valence-electron chi connectivity index (χ3n) is 4.28. The van der Waals surface area contributed by atoms with Crippen LogP contribution in [0.3, 0.4) is 0 Å². The molecule has 2 aromatic heterocycles. The number of aromatic amines is 1. The van der Waals surface area contributed by atoms with Crippen LogP contribution in [0.2, 0.25) is 0 Å². The van der Waals surface area contributed by atoms with Gasteiger partial charge in [0.2, 0.25) is 0 Å². The van der Waals surface area contributed by atoms with Crippen LogP contribution in [-0.2, 0) is 18.3 Å². The van der Waals surface area contributed by atoms with E-state index in [9.17, 15) is 5.26 Å². The molecule has 0 radical (unpaired) electrons. The molecule has 22 heavy (non-hydrogen) atoms. The van der Waals surface area contributed by atoms with Crippen molar-refractivity contribution in [1.29, 1.82) is 5.26 Å². The SMILES string of the molecule is CC(C)(C)c1ccc(-c2c(C#N)c(N)[nH+]c3c2CCCC3)s1. The van der Waals surface area contributed by atoms with Crippen molar-refractivity contribution < 1.29 is 4.98 Å². The maximum absolute atomic E-state index is 9.58. The number of rotatable bonds is 1. The molecule has 0 atom stereocenters. The first kappa shape index (κ1) is 15.1. The van der Waals surface area contributed by atoms with Gasteiger partial charge in [-0.3, -0.25) is 5.73 Å². The third-order valence-corrected chi connectivity index (χ3v) is 5.81. The second-order valence-corrected chi connectivity index (χ2v) is 8.06. The highest BCUT2D eigenvalue weighted by molar-refractivity contribution is 7.15. The number of fused-ring (bicyclic) bond motifs is 1. The number of nitrogens with two attached hydrogens (primary N) is 1. The lowest BCUT2D eigenvalue weighted by atomic mass is 9.89. The first-order chi connectivity index (χ1) is 10.4. The molecule has 0 aromatic carbocycles. The Morgan fingerprint density at radius 3 is 2.59 bits per heavy atom. The molecule has 3 rings (SSSR count). The summed E-state index contributed by atoms with van der Waals surface area (Å²) in [5.74, 6) is 0.504. The van der Waals surface area contributed by atoms with Gasteiger partial charge in [0, 0.05) is 27.3 Å². The minimum absolute atomic E-state index is 0.127. The molecular weight excluding hydrogens is 290 g/mol. The molecule has 0 amide bonds. The van der Waals surface area contributed by atoms with Crippen molar-refractivity contribution in [3.8, 4) is 16.5 Å². The van der Waals surface area contributed by atoms with Gasteiger partial charge in [0.1, 0.15) is 17.3 Å². The van der Waals surface area contributed by atoms with Crippen molar-refractivity contribution in [2.24, 2.45) is 0 Å². The fraction of sp³-hybridized carbons (Fsp3) is 0.444. The van der Waals surface area contributed by atoms with Crippen molar-refractivity contribution in [2.75, 3.05) is 5.73 Å². The van der Waals surface area contributed by atoms with E-state index < -0.39 is 0 Å². The average molecular weight is 312 g/mol. The predicted octanol–water partition coefficient (Wildman–Crippen LogP) is 3.86. The Hall–Kier alpha value is -1.86. The van der Waals surface area contributed by atoms with Crippen molar-refractivity contribution in [2.45, 2.75) is 51.9 Å². The van der Waals surface area contributed by atoms with Crippen LogP contribution in [-0.4, -0.2) is 0 Å². The highest BCUT2D eigenvalue weighted by Gasteiger charge is 2.26. The number of nitriles is 1. The highest BCUT2D eigenvalue weighted by Crippen LogP contribution is 2.40. The average Bonchev–Trinajstić information content (AvgIpc) is 2.95. The minimum atomic E-state index is 0.127. The van der Waals surface area contributed by atoms with Gasteiger partial charge in [0.05, 0.1) is 0 Å². The molecule has 4 heteroatoms. The van der Waals surface area contributed by atoms with Gasteiger partial charge >= 0.3 is 0 Å². The zero-order valence-electron chi connectivity index (χ0n) is 13.4. The summed E-state index contributed by atoms with van der Waals surface area (Å²) in [6.07, 6.45) is 4.42. The topological polar surface area (TPSA) is 64.0 Å². The molecule has 114 valence electrons. The molecule has 1 aliphatic rings. The van der Waals surface area contributed by atoms with Crippen LogP contribution >= 0.6 is 11.3 Å². The van der Waals surface area contributed by atoms with E-state index in [0.717, 1.165) is 18.4 Å². The summed E-state index contributed by atoms with van der Waals surface area (Å²) < 4.78 is 0. The van der Waals surface area contributed by atoms with Crippen LogP contribution in [0.4, 0.5) is 5.82 Å². The van der Waals surface area contributed by atoms with Gasteiger partial charge in [-0.1, -0.05) is 20.8 Å². The summed E-state index contributed by atoms with van der Waals surface area (Å²) in [5.41, 5.74) is 10.4. The summed E-state index contributed by atoms with van der Waals surface area (Å²) in [4.78, 5) is 5.76. The first-order valence-corrected chi connectivity index (χ1v) is 8.60. The Balaban J connectivity index is 2.23. The molecule has 0 spiro atoms. The summed E-state index contributed by atoms with van der Waals surface area (Å²) in [7, 11) is 0. The Morgan fingerprint density at radius 1 is 1.23 bits per heavy atom. The second kappa shape index (κ2) is 5.40. The maximum Gasteiger partial charge on any atom is 0.289 e. The number of pyridine rings is 1. The summed E-state index contributed by atoms with van der Waals surface area (Å²) >= 11 is 1.78. The predicted molar refractivity (Wildman–Crippen MR) is 90.8 cm³/mol. The molecule has 3 N–H and O–H groups in total. The standard InChI is InChI=1S/C18H21N3S/c1-18(2,3)15-9-8-14(22-15)16-11-6-4-5-7-13(11)21-17(20)12(16)10-19/h8-9H,4-7H2,1-3H3,(H2,20,21)/p+1. The van der Waals surface area contributed by atoms with Crippen molar-refractivity contribution in [1.82, 2.24) is 0 Å². The van der Waals surface area contributed by atoms with Gasteiger partial charge in [0.25, 0.3) is 5.82 Å². The molecule has 2 heterocycles. The van der Waals surface area contributed by atoms with Crippen LogP contribution in [0.15, 0.2) is 12.1 Å². The van der Waals surface area contributed by atoms with Gasteiger partial charge in [-0.05, 0) is 36.8 Å². The second-order valence-electron chi connectivity index (χ2n) is 6.98. The van der Waals surface area contributed by atoms with E-state index in [2.05, 4.69) is 44.0 Å². The van der Waals surface area contributed by atoms with E-state index in [1.807, 2.05) is 0 Å². The molecule has 0 fully saturated rings. The van der Waals surface area contributed by atoms with Crippen molar-refractivity contribution in [3.63, 3.8) is 0 Å². The van der Waals surface area contributed by atoms with Gasteiger partial charge in [-0.25, -0.2) is 4.98 Å². The normalized spacial score (nSPS) is 14.5. The number of H-pyrrole nitrogens is 1. The fourth-order valence-electron chi connectivity index (χ4n) is 3.09. The van der Waals surface area contributed by atoms with Gasteiger partial charge in [-0.15, -0.1) is 11.3 Å². The van der Waals surface area contributed by atoms with Crippen molar-refractivity contribution >= 4 is 17.2 Å². The van der Waals surface area contributed by atoms with E-state index in [1.54, 1.807) is 11.3 Å². The largest absolute Gasteiger partial charge is 0.289 e. The summed E-state index contributed by atoms with van der Waals surface area (Å²) in [5, 5.41) is 9.58. The van der Waals surface area contributed by atoms with E-state index in [0.29, 0.717) is 11.4 Å². The number of aromatic nitrogens is 1. The van der Waals surface area contributed by atoms with Crippen LogP contribution in [0, 0.1) is 11.3 Å². The van der Waals surface area contributed by atoms with E-state index in [1.165, 1.54) is 33.9 Å². The van der Waals surface area contributed by atoms with E-state index >= 15 is 0 Å². The molecule has 3 nitrogen and oxygen atoms in total. The van der Waals surface area contributed by atoms with E-state index in [-0.39, 0.29) is 5.41 Å². The molecule has 0 unspecified atom stereocenters. The zero-order valence-corrected chi connectivity index (χ0v) is 14.2. The Bertz CT molecular complexity index is 760. The number of nitrogen functional groups attached to an aromatic ring is 1. The number of thiophene rings is 1. The van der Waals surface area contributed by atoms with E-state index in [4.69, 9.17) is 5.73 Å². The number of nitrogens with zero attached hydrogens (tertiary/aromatic N) is 1. The van der Waals surface area contributed by atoms with Crippen LogP contribution in [0.5, 0.6) is 0 Å². The number of hydrogen-bond donors (Lipinski definition) is 1. The van der Waals surface area contributed by atoms with Gasteiger partial charge < -0.3 is 0 Å². The van der Waals surface area contributed by atoms with Gasteiger partial charge in [0.15, 0.2) is 0 Å². The number of aryl methyl sites for hydroxylation is 1. The molecular formula is C18H22N3S+. The monoisotopic (exact) mass is 312 g/mol. The lowest BCUT2D eigenvalue weighted by molar-refractivity contribution is -0.374. The fourth-order valence-corrected chi connectivity index (χ4v) is 4.24. The Labute approximate surface area is 135 Å². The molecule has 0 saturated heterocycles. The molecule has 2 aromatic rings. The third kappa shape index (κ3) is 2.50. The lowest BCUT2D eigenvalue weighted by Crippen LogP contribution is -2.24. The van der Waals surface area contributed by atoms with Crippen LogP contribution in [0.1, 0.15) is 55.3 Å². The quantitative estimate of drug-likeness (QED) is 0.869. The zero-order chi connectivity index (χ0) is 15.9. The van der Waals surface area contributed by atoms with Crippen LogP contribution in [0.25, 0.3) is 10.4 Å². The first-order valence-electron chi connectivity index (χ1n) is 7.79. The van der Waals surface area contributed by atoms with Crippen LogP contribution < -0.4 is 10.7 Å². The summed E-state index contributed by atoms with van der Waals surface area (Å²) in [6.45, 7) is 6.66. The van der Waals surface area contributed by atoms with Gasteiger partial charge in [-0.2, -0.15) is 5.26 Å². The summed E-state index contributed by atoms with van der Waals surface area (Å²) in [6, 6.07) is 6.64. The smallest absolute Gasteiger partial charge is 0.286 e. The Morgan fingerprint density at radius 2 is 1.95 bits per heavy atom. The van der Waals surface area contributed by atoms with Crippen molar-refractivity contribution in [3.05, 3.63) is 33.8 Å². The Kier molecular flexibility index (Phi) is 3.70. The lowest BCUT2D eigenvalue weighted by Gasteiger charge is -2.18. The number of nitrogens with one attached hydrogen (secondary N) is 1.